The minimum absolute atomic E-state index is 0.551. The smallest absolute Gasteiger partial charge is 0.173 e. The lowest BCUT2D eigenvalue weighted by atomic mass is 10.2. The molecule has 0 saturated heterocycles. The van der Waals surface area contributed by atoms with Crippen LogP contribution in [-0.2, 0) is 13.5 Å². The van der Waals surface area contributed by atoms with E-state index >= 15 is 0 Å². The van der Waals surface area contributed by atoms with Crippen molar-refractivity contribution in [2.24, 2.45) is 7.05 Å². The van der Waals surface area contributed by atoms with Gasteiger partial charge < -0.3 is 5.32 Å². The van der Waals surface area contributed by atoms with Gasteiger partial charge in [0.2, 0.25) is 0 Å². The average Bonchev–Trinajstić information content (AvgIpc) is 3.11. The number of nitrogens with zero attached hydrogens (tertiary/aromatic N) is 7. The van der Waals surface area contributed by atoms with Crippen LogP contribution in [0.4, 0.5) is 5.82 Å². The van der Waals surface area contributed by atoms with E-state index in [4.69, 9.17) is 11.6 Å². The topological polar surface area (TPSA) is 85.8 Å². The highest BCUT2D eigenvalue weighted by Crippen LogP contribution is 2.19. The van der Waals surface area contributed by atoms with Gasteiger partial charge in [0, 0.05) is 26.0 Å². The molecule has 0 spiro atoms. The third-order valence-corrected chi connectivity index (χ3v) is 4.04. The van der Waals surface area contributed by atoms with Crippen molar-refractivity contribution < 1.29 is 0 Å². The maximum absolute atomic E-state index is 6.00. The highest BCUT2D eigenvalue weighted by atomic mass is 35.5. The number of hydrogen-bond acceptors (Lipinski definition) is 6. The number of anilines is 1. The van der Waals surface area contributed by atoms with Gasteiger partial charge in [-0.3, -0.25) is 4.68 Å². The molecule has 0 bridgehead atoms. The maximum Gasteiger partial charge on any atom is 0.173 e. The van der Waals surface area contributed by atoms with Crippen molar-refractivity contribution in [3.63, 3.8) is 0 Å². The van der Waals surface area contributed by atoms with Gasteiger partial charge in [0.15, 0.2) is 11.3 Å². The third kappa shape index (κ3) is 2.54. The molecule has 122 valence electrons. The Bertz CT molecular complexity index is 1030. The van der Waals surface area contributed by atoms with E-state index in [-0.39, 0.29) is 0 Å². The van der Waals surface area contributed by atoms with Crippen LogP contribution in [-0.4, -0.2) is 40.9 Å². The van der Waals surface area contributed by atoms with E-state index in [1.807, 2.05) is 26.4 Å². The van der Waals surface area contributed by atoms with E-state index < -0.39 is 0 Å². The van der Waals surface area contributed by atoms with Crippen LogP contribution in [0.15, 0.2) is 24.8 Å². The number of fused-ring (bicyclic) bond motifs is 2. The molecule has 0 aliphatic carbocycles. The Morgan fingerprint density at radius 2 is 2.00 bits per heavy atom. The molecule has 4 aromatic rings. The molecule has 9 heteroatoms. The summed E-state index contributed by atoms with van der Waals surface area (Å²) < 4.78 is 3.43. The van der Waals surface area contributed by atoms with Gasteiger partial charge in [-0.15, -0.1) is 0 Å². The largest absolute Gasteiger partial charge is 0.369 e. The lowest BCUT2D eigenvalue weighted by Gasteiger charge is -2.08. The fraction of sp³-hybridized carbons (Fsp3) is 0.267. The molecule has 0 atom stereocenters. The SMILES string of the molecule is Cc1nc(NCCc2cnc3c(Cl)cnn3c2)c2cnn(C)c2n1. The minimum Gasteiger partial charge on any atom is -0.369 e. The second-order valence-electron chi connectivity index (χ2n) is 5.52. The number of aryl methyl sites for hydroxylation is 2. The zero-order valence-corrected chi connectivity index (χ0v) is 14.0. The Morgan fingerprint density at radius 1 is 1.12 bits per heavy atom. The molecule has 8 nitrogen and oxygen atoms in total. The monoisotopic (exact) mass is 342 g/mol. The molecule has 0 amide bonds. The lowest BCUT2D eigenvalue weighted by Crippen LogP contribution is -2.09. The fourth-order valence-corrected chi connectivity index (χ4v) is 2.78. The third-order valence-electron chi connectivity index (χ3n) is 3.78. The maximum atomic E-state index is 6.00. The van der Waals surface area contributed by atoms with Crippen molar-refractivity contribution in [2.75, 3.05) is 11.9 Å². The van der Waals surface area contributed by atoms with Crippen LogP contribution in [0.1, 0.15) is 11.4 Å². The van der Waals surface area contributed by atoms with Gasteiger partial charge >= 0.3 is 0 Å². The van der Waals surface area contributed by atoms with Gasteiger partial charge in [-0.2, -0.15) is 10.2 Å². The Kier molecular flexibility index (Phi) is 3.53. The molecule has 0 saturated carbocycles. The van der Waals surface area contributed by atoms with Crippen molar-refractivity contribution in [1.82, 2.24) is 34.3 Å². The lowest BCUT2D eigenvalue weighted by molar-refractivity contribution is 0.783. The predicted octanol–water partition coefficient (Wildman–Crippen LogP) is 2.02. The molecule has 0 aromatic carbocycles. The van der Waals surface area contributed by atoms with Crippen molar-refractivity contribution in [3.8, 4) is 0 Å². The summed E-state index contributed by atoms with van der Waals surface area (Å²) in [5, 5.41) is 13.2. The first kappa shape index (κ1) is 14.8. The Labute approximate surface area is 142 Å². The predicted molar refractivity (Wildman–Crippen MR) is 91.2 cm³/mol. The molecular formula is C15H15ClN8. The number of aromatic nitrogens is 7. The zero-order valence-electron chi connectivity index (χ0n) is 13.2. The second-order valence-corrected chi connectivity index (χ2v) is 5.93. The summed E-state index contributed by atoms with van der Waals surface area (Å²) in [5.41, 5.74) is 2.54. The highest BCUT2D eigenvalue weighted by Gasteiger charge is 2.09. The first-order valence-corrected chi connectivity index (χ1v) is 7.87. The first-order valence-electron chi connectivity index (χ1n) is 7.50. The van der Waals surface area contributed by atoms with E-state index in [2.05, 4.69) is 30.5 Å². The number of rotatable bonds is 4. The summed E-state index contributed by atoms with van der Waals surface area (Å²) in [6.45, 7) is 2.58. The summed E-state index contributed by atoms with van der Waals surface area (Å²) in [4.78, 5) is 13.2. The van der Waals surface area contributed by atoms with Crippen molar-refractivity contribution in [3.05, 3.63) is 41.2 Å². The molecular weight excluding hydrogens is 328 g/mol. The molecule has 0 unspecified atom stereocenters. The van der Waals surface area contributed by atoms with Gasteiger partial charge in [-0.25, -0.2) is 19.5 Å². The van der Waals surface area contributed by atoms with Crippen molar-refractivity contribution in [1.29, 1.82) is 0 Å². The van der Waals surface area contributed by atoms with Crippen LogP contribution in [0.3, 0.4) is 0 Å². The van der Waals surface area contributed by atoms with Crippen LogP contribution in [0, 0.1) is 6.92 Å². The van der Waals surface area contributed by atoms with Gasteiger partial charge in [0.05, 0.1) is 17.8 Å². The molecule has 0 radical (unpaired) electrons. The molecule has 24 heavy (non-hydrogen) atoms. The Balaban J connectivity index is 1.52. The van der Waals surface area contributed by atoms with Crippen LogP contribution in [0.2, 0.25) is 5.02 Å². The van der Waals surface area contributed by atoms with Gasteiger partial charge in [-0.1, -0.05) is 11.6 Å². The summed E-state index contributed by atoms with van der Waals surface area (Å²) in [5.74, 6) is 1.50. The quantitative estimate of drug-likeness (QED) is 0.610. The van der Waals surface area contributed by atoms with Crippen molar-refractivity contribution in [2.45, 2.75) is 13.3 Å². The number of nitrogens with one attached hydrogen (secondary N) is 1. The Morgan fingerprint density at radius 3 is 2.88 bits per heavy atom. The molecule has 4 aromatic heterocycles. The Hall–Kier alpha value is -2.74. The highest BCUT2D eigenvalue weighted by molar-refractivity contribution is 6.33. The van der Waals surface area contributed by atoms with E-state index in [0.29, 0.717) is 23.0 Å². The zero-order chi connectivity index (χ0) is 16.7. The molecule has 0 fully saturated rings. The van der Waals surface area contributed by atoms with Crippen LogP contribution in [0.5, 0.6) is 0 Å². The summed E-state index contributed by atoms with van der Waals surface area (Å²) in [6, 6.07) is 0. The molecule has 1 N–H and O–H groups in total. The number of hydrogen-bond donors (Lipinski definition) is 1. The van der Waals surface area contributed by atoms with Crippen LogP contribution in [0.25, 0.3) is 16.7 Å². The van der Waals surface area contributed by atoms with Crippen molar-refractivity contribution >= 4 is 34.1 Å². The van der Waals surface area contributed by atoms with Crippen LogP contribution < -0.4 is 5.32 Å². The molecule has 0 aliphatic heterocycles. The van der Waals surface area contributed by atoms with Crippen LogP contribution >= 0.6 is 11.6 Å². The summed E-state index contributed by atoms with van der Waals surface area (Å²) >= 11 is 6.00. The van der Waals surface area contributed by atoms with Gasteiger partial charge in [0.25, 0.3) is 0 Å². The van der Waals surface area contributed by atoms with Gasteiger partial charge in [-0.05, 0) is 18.9 Å². The molecule has 0 aliphatic rings. The average molecular weight is 343 g/mol. The second kappa shape index (κ2) is 5.72. The number of halogens is 1. The first-order chi connectivity index (χ1) is 11.6. The van der Waals surface area contributed by atoms with E-state index in [1.54, 1.807) is 21.6 Å². The molecule has 4 rings (SSSR count). The fourth-order valence-electron chi connectivity index (χ4n) is 2.60. The summed E-state index contributed by atoms with van der Waals surface area (Å²) in [7, 11) is 1.87. The van der Waals surface area contributed by atoms with Gasteiger partial charge in [0.1, 0.15) is 16.7 Å². The standard InChI is InChI=1S/C15H15ClN8/c1-9-21-13(11-6-19-23(2)14(11)22-9)17-4-3-10-5-18-15-12(16)7-20-24(15)8-10/h5-8H,3-4H2,1-2H3,(H,17,21,22). The van der Waals surface area contributed by atoms with E-state index in [0.717, 1.165) is 28.8 Å². The normalized spacial score (nSPS) is 11.5. The minimum atomic E-state index is 0.551. The molecule has 4 heterocycles. The van der Waals surface area contributed by atoms with E-state index in [9.17, 15) is 0 Å². The van der Waals surface area contributed by atoms with E-state index in [1.165, 1.54) is 0 Å². The summed E-state index contributed by atoms with van der Waals surface area (Å²) in [6.07, 6.45) is 7.90.